The Hall–Kier alpha value is -2.93. The average molecular weight is 472 g/mol. The van der Waals surface area contributed by atoms with Crippen molar-refractivity contribution >= 4 is 22.6 Å². The van der Waals surface area contributed by atoms with Gasteiger partial charge in [0.2, 0.25) is 0 Å². The minimum Gasteiger partial charge on any atom is -0.481 e. The van der Waals surface area contributed by atoms with Gasteiger partial charge in [0.1, 0.15) is 11.6 Å². The highest BCUT2D eigenvalue weighted by molar-refractivity contribution is 5.85. The first-order valence-electron chi connectivity index (χ1n) is 11.8. The van der Waals surface area contributed by atoms with Crippen molar-refractivity contribution in [2.75, 3.05) is 11.9 Å². The molecule has 2 atom stereocenters. The molecule has 1 unspecified atom stereocenters. The summed E-state index contributed by atoms with van der Waals surface area (Å²) >= 11 is 0. The summed E-state index contributed by atoms with van der Waals surface area (Å²) in [6, 6.07) is 12.4. The van der Waals surface area contributed by atoms with Crippen LogP contribution in [0.4, 0.5) is 14.5 Å². The number of carboxylic acid groups (broad SMARTS) is 1. The molecule has 34 heavy (non-hydrogen) atoms. The van der Waals surface area contributed by atoms with Gasteiger partial charge in [-0.25, -0.2) is 8.78 Å². The van der Waals surface area contributed by atoms with Gasteiger partial charge >= 0.3 is 5.97 Å². The van der Waals surface area contributed by atoms with Gasteiger partial charge in [-0.2, -0.15) is 0 Å². The van der Waals surface area contributed by atoms with Crippen molar-refractivity contribution in [2.24, 2.45) is 5.41 Å². The molecule has 1 aromatic heterocycles. The summed E-state index contributed by atoms with van der Waals surface area (Å²) in [5, 5.41) is 13.6. The van der Waals surface area contributed by atoms with Crippen molar-refractivity contribution < 1.29 is 18.7 Å². The van der Waals surface area contributed by atoms with E-state index in [9.17, 15) is 18.7 Å². The number of benzene rings is 2. The second-order valence-corrected chi connectivity index (χ2v) is 9.89. The van der Waals surface area contributed by atoms with Gasteiger partial charge in [-0.15, -0.1) is 0 Å². The van der Waals surface area contributed by atoms with Gasteiger partial charge in [0.25, 0.3) is 0 Å². The number of carboxylic acids is 1. The number of fused-ring (bicyclic) bond motifs is 3. The molecule has 0 amide bonds. The maximum Gasteiger partial charge on any atom is 0.310 e. The van der Waals surface area contributed by atoms with E-state index in [4.69, 9.17) is 0 Å². The third-order valence-electron chi connectivity index (χ3n) is 6.45. The lowest BCUT2D eigenvalue weighted by Crippen LogP contribution is -2.45. The van der Waals surface area contributed by atoms with Crippen LogP contribution in [0.3, 0.4) is 0 Å². The number of hydrogen-bond acceptors (Lipinski definition) is 3. The summed E-state index contributed by atoms with van der Waals surface area (Å²) in [6.45, 7) is 11.1. The number of hydrogen-bond donors (Lipinski definition) is 3. The molecule has 3 N–H and O–H groups in total. The minimum atomic E-state index is -0.739. The molecule has 3 aromatic rings. The highest BCUT2D eigenvalue weighted by Crippen LogP contribution is 2.32. The molecule has 184 valence electrons. The normalized spacial score (nSPS) is 17.0. The largest absolute Gasteiger partial charge is 0.481 e. The van der Waals surface area contributed by atoms with E-state index in [-0.39, 0.29) is 6.04 Å². The lowest BCUT2D eigenvalue weighted by atomic mass is 9.90. The molecular formula is C27H35F2N3O2. The van der Waals surface area contributed by atoms with E-state index in [1.165, 1.54) is 34.3 Å². The fourth-order valence-corrected chi connectivity index (χ4v) is 4.22. The van der Waals surface area contributed by atoms with Crippen molar-refractivity contribution in [3.8, 4) is 0 Å². The molecule has 0 aliphatic carbocycles. The smallest absolute Gasteiger partial charge is 0.310 e. The lowest BCUT2D eigenvalue weighted by Gasteiger charge is -2.37. The maximum absolute atomic E-state index is 12.7. The van der Waals surface area contributed by atoms with Crippen LogP contribution in [0.5, 0.6) is 0 Å². The Morgan fingerprint density at radius 2 is 1.88 bits per heavy atom. The Balaban J connectivity index is 0.000000215. The topological polar surface area (TPSA) is 68.4 Å². The highest BCUT2D eigenvalue weighted by atomic mass is 19.1. The van der Waals surface area contributed by atoms with E-state index in [1.807, 2.05) is 19.9 Å². The molecule has 5 nitrogen and oxygen atoms in total. The summed E-state index contributed by atoms with van der Waals surface area (Å²) in [5.74, 6) is -1.84. The molecule has 7 heteroatoms. The molecule has 0 bridgehead atoms. The number of nitrogens with one attached hydrogen (secondary N) is 2. The van der Waals surface area contributed by atoms with Crippen LogP contribution in [0.15, 0.2) is 42.5 Å². The molecular weight excluding hydrogens is 436 g/mol. The highest BCUT2D eigenvalue weighted by Gasteiger charge is 2.34. The summed E-state index contributed by atoms with van der Waals surface area (Å²) in [5.41, 5.74) is 3.57. The predicted molar refractivity (Wildman–Crippen MR) is 133 cm³/mol. The molecule has 0 radical (unpaired) electrons. The second-order valence-electron chi connectivity index (χ2n) is 9.89. The third-order valence-corrected chi connectivity index (χ3v) is 6.45. The Morgan fingerprint density at radius 1 is 1.24 bits per heavy atom. The van der Waals surface area contributed by atoms with Crippen molar-refractivity contribution in [1.29, 1.82) is 0 Å². The van der Waals surface area contributed by atoms with E-state index in [2.05, 4.69) is 40.3 Å². The van der Waals surface area contributed by atoms with Crippen LogP contribution < -0.4 is 5.32 Å². The molecule has 1 aliphatic rings. The number of aromatic amines is 1. The summed E-state index contributed by atoms with van der Waals surface area (Å²) in [7, 11) is 0. The van der Waals surface area contributed by atoms with Crippen molar-refractivity contribution in [3.63, 3.8) is 0 Å². The Kier molecular flexibility index (Phi) is 7.97. The number of carbonyl (C=O) groups is 1. The van der Waals surface area contributed by atoms with Gasteiger partial charge in [-0.1, -0.05) is 25.1 Å². The van der Waals surface area contributed by atoms with Crippen LogP contribution in [0.2, 0.25) is 0 Å². The molecule has 0 saturated heterocycles. The quantitative estimate of drug-likeness (QED) is 0.400. The van der Waals surface area contributed by atoms with Gasteiger partial charge in [0, 0.05) is 53.5 Å². The van der Waals surface area contributed by atoms with Crippen LogP contribution in [0.1, 0.15) is 52.3 Å². The molecule has 0 fully saturated rings. The van der Waals surface area contributed by atoms with Gasteiger partial charge in [-0.3, -0.25) is 9.69 Å². The first-order valence-corrected chi connectivity index (χ1v) is 11.8. The zero-order valence-electron chi connectivity index (χ0n) is 20.6. The molecule has 2 heterocycles. The number of aliphatic carboxylic acids is 1. The van der Waals surface area contributed by atoms with Crippen LogP contribution in [-0.2, 0) is 17.8 Å². The minimum absolute atomic E-state index is 0.223. The van der Waals surface area contributed by atoms with E-state index in [0.29, 0.717) is 18.3 Å². The summed E-state index contributed by atoms with van der Waals surface area (Å²) < 4.78 is 25.4. The SMILES string of the molecule is CCC(C)Nc1cc(F)cc(F)c1.C[C@@H]1Cc2c([nH]c3ccccc23)CN1CC(C)(C)C(=O)O. The zero-order valence-corrected chi connectivity index (χ0v) is 20.6. The van der Waals surface area contributed by atoms with Crippen molar-refractivity contribution in [1.82, 2.24) is 9.88 Å². The Labute approximate surface area is 200 Å². The van der Waals surface area contributed by atoms with Crippen molar-refractivity contribution in [3.05, 3.63) is 65.4 Å². The second kappa shape index (κ2) is 10.6. The Morgan fingerprint density at radius 3 is 2.50 bits per heavy atom. The molecule has 0 saturated carbocycles. The monoisotopic (exact) mass is 471 g/mol. The van der Waals surface area contributed by atoms with Crippen molar-refractivity contribution in [2.45, 2.75) is 66.1 Å². The first kappa shape index (κ1) is 25.7. The average Bonchev–Trinajstić information content (AvgIpc) is 3.10. The van der Waals surface area contributed by atoms with Gasteiger partial charge in [0.15, 0.2) is 0 Å². The van der Waals surface area contributed by atoms with Crippen LogP contribution >= 0.6 is 0 Å². The van der Waals surface area contributed by atoms with Crippen LogP contribution in [0, 0.1) is 17.0 Å². The lowest BCUT2D eigenvalue weighted by molar-refractivity contribution is -0.148. The van der Waals surface area contributed by atoms with Crippen LogP contribution in [-0.4, -0.2) is 39.6 Å². The van der Waals surface area contributed by atoms with Gasteiger partial charge < -0.3 is 15.4 Å². The van der Waals surface area contributed by atoms with Gasteiger partial charge in [0.05, 0.1) is 5.41 Å². The molecule has 1 aliphatic heterocycles. The van der Waals surface area contributed by atoms with E-state index < -0.39 is 23.0 Å². The standard InChI is InChI=1S/C17H22N2O2.C10H13F2N/c1-11-8-13-12-6-4-5-7-14(12)18-15(13)9-19(11)10-17(2,3)16(20)21;1-3-7(2)13-10-5-8(11)4-9(12)6-10/h4-7,11,18H,8-10H2,1-3H3,(H,20,21);4-7,13H,3H2,1-2H3/t11-;/m1./s1. The number of nitrogens with zero attached hydrogens (tertiary/aromatic N) is 1. The van der Waals surface area contributed by atoms with E-state index in [0.717, 1.165) is 25.5 Å². The van der Waals surface area contributed by atoms with E-state index in [1.54, 1.807) is 13.8 Å². The molecule has 0 spiro atoms. The summed E-state index contributed by atoms with van der Waals surface area (Å²) in [6.07, 6.45) is 1.88. The number of halogens is 2. The fourth-order valence-electron chi connectivity index (χ4n) is 4.22. The first-order chi connectivity index (χ1) is 16.0. The zero-order chi connectivity index (χ0) is 25.0. The number of anilines is 1. The molecule has 4 rings (SSSR count). The van der Waals surface area contributed by atoms with E-state index >= 15 is 0 Å². The Bertz CT molecular complexity index is 1120. The summed E-state index contributed by atoms with van der Waals surface area (Å²) in [4.78, 5) is 17.1. The maximum atomic E-state index is 12.7. The number of para-hydroxylation sites is 1. The number of aromatic nitrogens is 1. The predicted octanol–water partition coefficient (Wildman–Crippen LogP) is 6.20. The molecule has 2 aromatic carbocycles. The third kappa shape index (κ3) is 6.14. The van der Waals surface area contributed by atoms with Gasteiger partial charge in [-0.05, 0) is 64.3 Å². The number of rotatable bonds is 6. The van der Waals surface area contributed by atoms with Crippen LogP contribution in [0.25, 0.3) is 10.9 Å². The number of H-pyrrole nitrogens is 1. The fraction of sp³-hybridized carbons (Fsp3) is 0.444.